The zero-order valence-electron chi connectivity index (χ0n) is 17.0. The van der Waals surface area contributed by atoms with Crippen LogP contribution in [0.15, 0.2) is 58.5 Å². The number of anilines is 1. The fourth-order valence-corrected chi connectivity index (χ4v) is 2.78. The number of ether oxygens (including phenoxy) is 1. The summed E-state index contributed by atoms with van der Waals surface area (Å²) in [5.41, 5.74) is 10.0. The Balaban J connectivity index is 1.66. The van der Waals surface area contributed by atoms with Crippen LogP contribution >= 0.6 is 0 Å². The Morgan fingerprint density at radius 2 is 2.00 bits per heavy atom. The first-order valence-electron chi connectivity index (χ1n) is 9.68. The maximum atomic E-state index is 12.8. The Morgan fingerprint density at radius 3 is 2.69 bits per heavy atom. The van der Waals surface area contributed by atoms with Gasteiger partial charge in [-0.3, -0.25) is 9.78 Å². The van der Waals surface area contributed by atoms with Crippen LogP contribution in [-0.2, 0) is 0 Å². The number of nitrogens with one attached hydrogen (secondary N) is 1. The predicted octanol–water partition coefficient (Wildman–Crippen LogP) is 1.85. The van der Waals surface area contributed by atoms with Crippen molar-refractivity contribution in [3.8, 4) is 22.8 Å². The number of rotatable bonds is 8. The zero-order valence-corrected chi connectivity index (χ0v) is 17.0. The number of carbonyl (C=O) groups is 1. The number of nitrogen functional groups attached to an aromatic ring is 1. The van der Waals surface area contributed by atoms with Crippen LogP contribution < -0.4 is 15.9 Å². The summed E-state index contributed by atoms with van der Waals surface area (Å²) >= 11 is 0. The molecule has 0 saturated carbocycles. The number of carbonyl (C=O) groups excluding carboxylic acids is 1. The van der Waals surface area contributed by atoms with Gasteiger partial charge in [-0.2, -0.15) is 9.78 Å². The normalized spacial score (nSPS) is 11.0. The summed E-state index contributed by atoms with van der Waals surface area (Å²) in [4.78, 5) is 16.8. The molecule has 4 rings (SSSR count). The molecule has 0 atom stereocenters. The van der Waals surface area contributed by atoms with Gasteiger partial charge in [-0.15, -0.1) is 5.10 Å². The molecule has 32 heavy (non-hydrogen) atoms. The SMILES string of the molecule is CCCOc1ccc(-c2c(C(=O)N/N=C\c3ccncc3)nnn2-c2nonc2N)cc1. The number of nitrogens with two attached hydrogens (primary N) is 1. The lowest BCUT2D eigenvalue weighted by molar-refractivity contribution is 0.0950. The van der Waals surface area contributed by atoms with Crippen molar-refractivity contribution < 1.29 is 14.2 Å². The lowest BCUT2D eigenvalue weighted by Gasteiger charge is -2.08. The predicted molar refractivity (Wildman–Crippen MR) is 114 cm³/mol. The Hall–Kier alpha value is -4.61. The Kier molecular flexibility index (Phi) is 6.11. The number of hydrogen-bond acceptors (Lipinski definition) is 10. The molecule has 12 heteroatoms. The third-order valence-corrected chi connectivity index (χ3v) is 4.27. The highest BCUT2D eigenvalue weighted by atomic mass is 16.6. The van der Waals surface area contributed by atoms with E-state index in [2.05, 4.69) is 40.8 Å². The molecule has 0 aliphatic rings. The summed E-state index contributed by atoms with van der Waals surface area (Å²) in [7, 11) is 0. The second kappa shape index (κ2) is 9.47. The topological polar surface area (TPSA) is 159 Å². The lowest BCUT2D eigenvalue weighted by Crippen LogP contribution is -2.19. The maximum Gasteiger partial charge on any atom is 0.294 e. The number of amides is 1. The molecule has 162 valence electrons. The van der Waals surface area contributed by atoms with E-state index in [0.717, 1.165) is 12.0 Å². The molecule has 0 spiro atoms. The van der Waals surface area contributed by atoms with Crippen molar-refractivity contribution in [3.05, 3.63) is 60.0 Å². The van der Waals surface area contributed by atoms with Crippen LogP contribution in [0.3, 0.4) is 0 Å². The monoisotopic (exact) mass is 433 g/mol. The minimum atomic E-state index is -0.571. The third kappa shape index (κ3) is 4.43. The Morgan fingerprint density at radius 1 is 1.22 bits per heavy atom. The van der Waals surface area contributed by atoms with Crippen molar-refractivity contribution in [1.29, 1.82) is 0 Å². The number of aromatic nitrogens is 6. The first-order valence-corrected chi connectivity index (χ1v) is 9.68. The second-order valence-corrected chi connectivity index (χ2v) is 6.52. The fraction of sp³-hybridized carbons (Fsp3) is 0.150. The highest BCUT2D eigenvalue weighted by Gasteiger charge is 2.25. The molecule has 3 aromatic heterocycles. The maximum absolute atomic E-state index is 12.8. The first kappa shape index (κ1) is 20.7. The average molecular weight is 433 g/mol. The molecule has 0 bridgehead atoms. The standard InChI is InChI=1S/C20H19N9O3/c1-2-11-31-15-5-3-14(4-6-15)17-16(24-28-29(17)19-18(21)26-32-27-19)20(30)25-23-12-13-7-9-22-10-8-13/h3-10,12H,2,11H2,1H3,(H2,21,26)(H,25,30)/b23-12-. The van der Waals surface area contributed by atoms with Gasteiger partial charge >= 0.3 is 0 Å². The van der Waals surface area contributed by atoms with Gasteiger partial charge in [-0.25, -0.2) is 10.1 Å². The van der Waals surface area contributed by atoms with Crippen LogP contribution in [0, 0.1) is 0 Å². The largest absolute Gasteiger partial charge is 0.494 e. The molecule has 0 radical (unpaired) electrons. The highest BCUT2D eigenvalue weighted by molar-refractivity contribution is 5.98. The lowest BCUT2D eigenvalue weighted by atomic mass is 10.1. The van der Waals surface area contributed by atoms with Crippen LogP contribution in [0.4, 0.5) is 5.82 Å². The summed E-state index contributed by atoms with van der Waals surface area (Å²) in [5.74, 6) is 0.239. The number of benzene rings is 1. The van der Waals surface area contributed by atoms with Gasteiger partial charge in [0, 0.05) is 18.0 Å². The number of pyridine rings is 1. The summed E-state index contributed by atoms with van der Waals surface area (Å²) in [6, 6.07) is 10.6. The minimum Gasteiger partial charge on any atom is -0.494 e. The highest BCUT2D eigenvalue weighted by Crippen LogP contribution is 2.28. The van der Waals surface area contributed by atoms with Gasteiger partial charge in [0.25, 0.3) is 5.91 Å². The van der Waals surface area contributed by atoms with Gasteiger partial charge < -0.3 is 10.5 Å². The second-order valence-electron chi connectivity index (χ2n) is 6.52. The third-order valence-electron chi connectivity index (χ3n) is 4.27. The number of nitrogens with zero attached hydrogens (tertiary/aromatic N) is 7. The summed E-state index contributed by atoms with van der Waals surface area (Å²) in [6.07, 6.45) is 5.62. The van der Waals surface area contributed by atoms with Crippen molar-refractivity contribution in [3.63, 3.8) is 0 Å². The molecule has 3 N–H and O–H groups in total. The molecule has 3 heterocycles. The van der Waals surface area contributed by atoms with Gasteiger partial charge in [0.1, 0.15) is 11.4 Å². The summed E-state index contributed by atoms with van der Waals surface area (Å²) in [6.45, 7) is 2.63. The van der Waals surface area contributed by atoms with Crippen LogP contribution in [0.1, 0.15) is 29.4 Å². The summed E-state index contributed by atoms with van der Waals surface area (Å²) < 4.78 is 11.6. The molecule has 1 aromatic carbocycles. The molecule has 4 aromatic rings. The van der Waals surface area contributed by atoms with Gasteiger partial charge in [-0.1, -0.05) is 12.1 Å². The van der Waals surface area contributed by atoms with Crippen LogP contribution in [0.2, 0.25) is 0 Å². The zero-order chi connectivity index (χ0) is 22.3. The molecule has 0 fully saturated rings. The average Bonchev–Trinajstić information content (AvgIpc) is 3.44. The van der Waals surface area contributed by atoms with Gasteiger partial charge in [0.05, 0.1) is 12.8 Å². The molecule has 0 aliphatic heterocycles. The molecular formula is C20H19N9O3. The molecule has 0 saturated heterocycles. The Bertz CT molecular complexity index is 1220. The molecule has 0 aliphatic carbocycles. The van der Waals surface area contributed by atoms with Crippen molar-refractivity contribution in [1.82, 2.24) is 35.7 Å². The van der Waals surface area contributed by atoms with E-state index in [1.165, 1.54) is 10.9 Å². The van der Waals surface area contributed by atoms with E-state index in [9.17, 15) is 4.79 Å². The van der Waals surface area contributed by atoms with Crippen molar-refractivity contribution in [2.75, 3.05) is 12.3 Å². The van der Waals surface area contributed by atoms with Gasteiger partial charge in [0.15, 0.2) is 5.69 Å². The van der Waals surface area contributed by atoms with Crippen molar-refractivity contribution in [2.24, 2.45) is 5.10 Å². The van der Waals surface area contributed by atoms with Crippen LogP contribution in [0.25, 0.3) is 17.1 Å². The van der Waals surface area contributed by atoms with E-state index >= 15 is 0 Å². The van der Waals surface area contributed by atoms with Crippen LogP contribution in [-0.4, -0.2) is 49.0 Å². The molecule has 12 nitrogen and oxygen atoms in total. The van der Waals surface area contributed by atoms with E-state index in [1.54, 1.807) is 48.8 Å². The van der Waals surface area contributed by atoms with Crippen LogP contribution in [0.5, 0.6) is 5.75 Å². The van der Waals surface area contributed by atoms with Crippen molar-refractivity contribution in [2.45, 2.75) is 13.3 Å². The van der Waals surface area contributed by atoms with E-state index in [0.29, 0.717) is 23.6 Å². The van der Waals surface area contributed by atoms with E-state index < -0.39 is 5.91 Å². The van der Waals surface area contributed by atoms with E-state index in [1.807, 2.05) is 6.92 Å². The van der Waals surface area contributed by atoms with Gasteiger partial charge in [0.2, 0.25) is 11.6 Å². The smallest absolute Gasteiger partial charge is 0.294 e. The summed E-state index contributed by atoms with van der Waals surface area (Å²) in [5, 5.41) is 19.3. The number of hydrogen-bond donors (Lipinski definition) is 2. The fourth-order valence-electron chi connectivity index (χ4n) is 2.78. The van der Waals surface area contributed by atoms with Gasteiger partial charge in [-0.05, 0) is 58.7 Å². The quantitative estimate of drug-likeness (QED) is 0.312. The minimum absolute atomic E-state index is 0.00159. The van der Waals surface area contributed by atoms with E-state index in [-0.39, 0.29) is 17.3 Å². The first-order chi connectivity index (χ1) is 15.7. The van der Waals surface area contributed by atoms with Crippen molar-refractivity contribution >= 4 is 17.9 Å². The van der Waals surface area contributed by atoms with E-state index in [4.69, 9.17) is 10.5 Å². The molecule has 1 amide bonds. The molecule has 0 unspecified atom stereocenters. The number of hydrazone groups is 1. The Labute approximate surface area is 182 Å². The molecular weight excluding hydrogens is 414 g/mol.